The van der Waals surface area contributed by atoms with Crippen molar-refractivity contribution < 1.29 is 18.3 Å². The smallest absolute Gasteiger partial charge is 0.314 e. The maximum Gasteiger partial charge on any atom is 0.314 e. The van der Waals surface area contributed by atoms with Gasteiger partial charge < -0.3 is 4.74 Å². The minimum atomic E-state index is -0.277. The molecule has 0 saturated heterocycles. The summed E-state index contributed by atoms with van der Waals surface area (Å²) in [6, 6.07) is 10.0. The van der Waals surface area contributed by atoms with E-state index in [9.17, 15) is 13.6 Å². The van der Waals surface area contributed by atoms with Crippen LogP contribution in [-0.4, -0.2) is 5.97 Å². The molecule has 33 heavy (non-hydrogen) atoms. The van der Waals surface area contributed by atoms with Gasteiger partial charge in [0.25, 0.3) is 0 Å². The van der Waals surface area contributed by atoms with Crippen LogP contribution in [0.4, 0.5) is 8.78 Å². The first-order valence-corrected chi connectivity index (χ1v) is 12.5. The summed E-state index contributed by atoms with van der Waals surface area (Å²) in [5, 5.41) is 0. The second kappa shape index (κ2) is 11.8. The number of hydrogen-bond donors (Lipinski definition) is 0. The molecule has 0 heterocycles. The van der Waals surface area contributed by atoms with Crippen molar-refractivity contribution in [3.63, 3.8) is 0 Å². The van der Waals surface area contributed by atoms with Gasteiger partial charge in [0, 0.05) is 0 Å². The molecule has 0 N–H and O–H groups in total. The molecule has 2 aromatic rings. The number of ether oxygens (including phenoxy) is 1. The van der Waals surface area contributed by atoms with E-state index in [1.807, 2.05) is 19.1 Å². The lowest BCUT2D eigenvalue weighted by molar-refractivity contribution is -0.140. The normalized spacial score (nSPS) is 25.0. The zero-order valence-corrected chi connectivity index (χ0v) is 20.5. The maximum atomic E-state index is 13.1. The van der Waals surface area contributed by atoms with Crippen LogP contribution in [0.25, 0.3) is 0 Å². The van der Waals surface area contributed by atoms with Crippen LogP contribution in [0.15, 0.2) is 36.4 Å². The molecule has 0 aromatic heterocycles. The van der Waals surface area contributed by atoms with E-state index in [2.05, 4.69) is 13.8 Å². The SMILES string of the molecule is Cc1cc(C2CCC(C)CC2)ccc1F.Cc1cc(OC(=O)C2CCC(C)CC2)ccc1F. The zero-order valence-electron chi connectivity index (χ0n) is 20.5. The summed E-state index contributed by atoms with van der Waals surface area (Å²) in [7, 11) is 0. The fourth-order valence-corrected chi connectivity index (χ4v) is 4.89. The van der Waals surface area contributed by atoms with Crippen LogP contribution < -0.4 is 4.74 Å². The van der Waals surface area contributed by atoms with Crippen molar-refractivity contribution in [2.24, 2.45) is 17.8 Å². The Morgan fingerprint density at radius 2 is 1.27 bits per heavy atom. The summed E-state index contributed by atoms with van der Waals surface area (Å²) in [5.41, 5.74) is 2.62. The molecular formula is C29H38F2O2. The molecule has 0 aliphatic heterocycles. The Balaban J connectivity index is 0.000000189. The lowest BCUT2D eigenvalue weighted by Crippen LogP contribution is -2.25. The summed E-state index contributed by atoms with van der Waals surface area (Å²) < 4.78 is 31.5. The van der Waals surface area contributed by atoms with Crippen LogP contribution in [0.3, 0.4) is 0 Å². The second-order valence-corrected chi connectivity index (χ2v) is 10.3. The Hall–Kier alpha value is -2.23. The van der Waals surface area contributed by atoms with Crippen LogP contribution in [0, 0.1) is 43.2 Å². The minimum absolute atomic E-state index is 0.00607. The van der Waals surface area contributed by atoms with E-state index in [1.54, 1.807) is 19.1 Å². The van der Waals surface area contributed by atoms with Gasteiger partial charge in [-0.25, -0.2) is 8.78 Å². The molecule has 0 bridgehead atoms. The quantitative estimate of drug-likeness (QED) is 0.343. The lowest BCUT2D eigenvalue weighted by Gasteiger charge is -2.26. The first-order chi connectivity index (χ1) is 15.7. The average molecular weight is 457 g/mol. The number of esters is 1. The third kappa shape index (κ3) is 7.38. The molecule has 0 spiro atoms. The van der Waals surface area contributed by atoms with E-state index in [-0.39, 0.29) is 23.5 Å². The van der Waals surface area contributed by atoms with E-state index in [4.69, 9.17) is 4.74 Å². The topological polar surface area (TPSA) is 26.3 Å². The van der Waals surface area contributed by atoms with Crippen molar-refractivity contribution in [2.75, 3.05) is 0 Å². The van der Waals surface area contributed by atoms with E-state index < -0.39 is 0 Å². The number of rotatable bonds is 3. The van der Waals surface area contributed by atoms with Gasteiger partial charge >= 0.3 is 5.97 Å². The molecule has 2 aliphatic carbocycles. The average Bonchev–Trinajstić information content (AvgIpc) is 2.79. The maximum absolute atomic E-state index is 13.1. The third-order valence-corrected chi connectivity index (χ3v) is 7.37. The van der Waals surface area contributed by atoms with Crippen molar-refractivity contribution in [3.8, 4) is 5.75 Å². The highest BCUT2D eigenvalue weighted by Gasteiger charge is 2.26. The molecule has 0 radical (unpaired) electrons. The summed E-state index contributed by atoms with van der Waals surface area (Å²) >= 11 is 0. The molecule has 4 rings (SSSR count). The molecular weight excluding hydrogens is 418 g/mol. The van der Waals surface area contributed by atoms with Gasteiger partial charge in [-0.3, -0.25) is 4.79 Å². The van der Waals surface area contributed by atoms with E-state index in [0.717, 1.165) is 37.2 Å². The number of carbonyl (C=O) groups is 1. The Labute approximate surface area is 197 Å². The molecule has 0 amide bonds. The molecule has 2 aromatic carbocycles. The van der Waals surface area contributed by atoms with Gasteiger partial charge in [0.15, 0.2) is 0 Å². The van der Waals surface area contributed by atoms with Crippen LogP contribution in [-0.2, 0) is 4.79 Å². The first-order valence-electron chi connectivity index (χ1n) is 12.5. The predicted octanol–water partition coefficient (Wildman–Crippen LogP) is 8.29. The minimum Gasteiger partial charge on any atom is -0.426 e. The van der Waals surface area contributed by atoms with Gasteiger partial charge in [-0.15, -0.1) is 0 Å². The Kier molecular flexibility index (Phi) is 9.05. The largest absolute Gasteiger partial charge is 0.426 e. The molecule has 180 valence electrons. The number of carbonyl (C=O) groups excluding carboxylic acids is 1. The van der Waals surface area contributed by atoms with Gasteiger partial charge in [-0.2, -0.15) is 0 Å². The molecule has 4 heteroatoms. The van der Waals surface area contributed by atoms with Gasteiger partial charge in [0.05, 0.1) is 5.92 Å². The fourth-order valence-electron chi connectivity index (χ4n) is 4.89. The Morgan fingerprint density at radius 1 is 0.758 bits per heavy atom. The highest BCUT2D eigenvalue weighted by molar-refractivity contribution is 5.75. The monoisotopic (exact) mass is 456 g/mol. The van der Waals surface area contributed by atoms with E-state index in [1.165, 1.54) is 43.4 Å². The van der Waals surface area contributed by atoms with Gasteiger partial charge in [-0.05, 0) is 111 Å². The molecule has 2 fully saturated rings. The highest BCUT2D eigenvalue weighted by Crippen LogP contribution is 2.36. The summed E-state index contributed by atoms with van der Waals surface area (Å²) in [6.45, 7) is 8.05. The van der Waals surface area contributed by atoms with Crippen molar-refractivity contribution >= 4 is 5.97 Å². The van der Waals surface area contributed by atoms with Crippen LogP contribution in [0.1, 0.15) is 87.8 Å². The fraction of sp³-hybridized carbons (Fsp3) is 0.552. The van der Waals surface area contributed by atoms with Crippen molar-refractivity contribution in [1.29, 1.82) is 0 Å². The van der Waals surface area contributed by atoms with Crippen LogP contribution >= 0.6 is 0 Å². The first kappa shape index (κ1) is 25.4. The standard InChI is InChI=1S/C15H19FO2.C14H19F/c1-10-3-5-12(6-4-10)15(17)18-13-7-8-14(16)11(2)9-13;1-10-3-5-12(6-4-10)13-7-8-14(15)11(2)9-13/h7-10,12H,3-6H2,1-2H3;7-10,12H,3-6H2,1-2H3. The predicted molar refractivity (Wildman–Crippen MR) is 129 cm³/mol. The summed E-state index contributed by atoms with van der Waals surface area (Å²) in [5.74, 6) is 2.17. The summed E-state index contributed by atoms with van der Waals surface area (Å²) in [6.07, 6.45) is 9.16. The Bertz CT molecular complexity index is 923. The van der Waals surface area contributed by atoms with Crippen molar-refractivity contribution in [2.45, 2.75) is 85.0 Å². The van der Waals surface area contributed by atoms with Crippen LogP contribution in [0.5, 0.6) is 5.75 Å². The lowest BCUT2D eigenvalue weighted by atomic mass is 9.79. The van der Waals surface area contributed by atoms with Gasteiger partial charge in [-0.1, -0.05) is 38.8 Å². The molecule has 2 saturated carbocycles. The highest BCUT2D eigenvalue weighted by atomic mass is 19.1. The second-order valence-electron chi connectivity index (χ2n) is 10.3. The molecule has 2 nitrogen and oxygen atoms in total. The number of aryl methyl sites for hydroxylation is 2. The van der Waals surface area contributed by atoms with Gasteiger partial charge in [0.2, 0.25) is 0 Å². The van der Waals surface area contributed by atoms with Gasteiger partial charge in [0.1, 0.15) is 17.4 Å². The van der Waals surface area contributed by atoms with E-state index in [0.29, 0.717) is 23.1 Å². The number of benzene rings is 2. The number of halogens is 2. The third-order valence-electron chi connectivity index (χ3n) is 7.37. The molecule has 0 unspecified atom stereocenters. The molecule has 2 aliphatic rings. The van der Waals surface area contributed by atoms with Crippen LogP contribution in [0.2, 0.25) is 0 Å². The van der Waals surface area contributed by atoms with Crippen molar-refractivity contribution in [3.05, 3.63) is 64.7 Å². The summed E-state index contributed by atoms with van der Waals surface area (Å²) in [4.78, 5) is 12.0. The van der Waals surface area contributed by atoms with Crippen molar-refractivity contribution in [1.82, 2.24) is 0 Å². The molecule has 0 atom stereocenters. The Morgan fingerprint density at radius 3 is 1.82 bits per heavy atom. The van der Waals surface area contributed by atoms with E-state index >= 15 is 0 Å². The zero-order chi connectivity index (χ0) is 24.0. The number of hydrogen-bond acceptors (Lipinski definition) is 2.